The first-order chi connectivity index (χ1) is 7.95. The lowest BCUT2D eigenvalue weighted by Gasteiger charge is -2.36. The Morgan fingerprint density at radius 3 is 2.88 bits per heavy atom. The van der Waals surface area contributed by atoms with Gasteiger partial charge in [0.15, 0.2) is 0 Å². The number of benzene rings is 1. The van der Waals surface area contributed by atoms with Crippen LogP contribution in [0.3, 0.4) is 0 Å². The van der Waals surface area contributed by atoms with Crippen LogP contribution < -0.4 is 0 Å². The molecule has 0 bridgehead atoms. The topological polar surface area (TPSA) is 29.5 Å². The summed E-state index contributed by atoms with van der Waals surface area (Å²) in [6, 6.07) is 8.78. The maximum absolute atomic E-state index is 7.00. The second-order valence-corrected chi connectivity index (χ2v) is 4.43. The van der Waals surface area contributed by atoms with Gasteiger partial charge in [0.1, 0.15) is 0 Å². The van der Waals surface area contributed by atoms with Crippen molar-refractivity contribution in [1.29, 1.82) is 0 Å². The standard InChI is InChI=1S/C13H16O.CH4O/c1-2-6-12-10(4-1)7-8-11-5-3-9-14-13(11)12;1-2/h1-2,4,6,11,13H,3,5,7-9H2;2H,1H3. The molecule has 2 aliphatic rings. The molecule has 0 amide bonds. The molecule has 88 valence electrons. The molecule has 1 aliphatic heterocycles. The smallest absolute Gasteiger partial charge is 0.0855 e. The van der Waals surface area contributed by atoms with Gasteiger partial charge in [-0.1, -0.05) is 24.3 Å². The van der Waals surface area contributed by atoms with Crippen molar-refractivity contribution in [2.24, 2.45) is 5.92 Å². The molecule has 0 saturated carbocycles. The fraction of sp³-hybridized carbons (Fsp3) is 0.571. The molecular weight excluding hydrogens is 200 g/mol. The molecule has 2 heteroatoms. The van der Waals surface area contributed by atoms with Crippen LogP contribution >= 0.6 is 0 Å². The number of rotatable bonds is 0. The van der Waals surface area contributed by atoms with Crippen LogP contribution in [-0.2, 0) is 11.2 Å². The third-order valence-corrected chi connectivity index (χ3v) is 3.59. The maximum Gasteiger partial charge on any atom is 0.0855 e. The highest BCUT2D eigenvalue weighted by molar-refractivity contribution is 5.32. The normalized spacial score (nSPS) is 27.1. The van der Waals surface area contributed by atoms with Crippen LogP contribution in [0.1, 0.15) is 36.5 Å². The van der Waals surface area contributed by atoms with Crippen LogP contribution in [-0.4, -0.2) is 18.8 Å². The second-order valence-electron chi connectivity index (χ2n) is 4.43. The van der Waals surface area contributed by atoms with Crippen molar-refractivity contribution < 1.29 is 9.84 Å². The minimum atomic E-state index is 0.411. The number of aliphatic hydroxyl groups excluding tert-OH is 1. The van der Waals surface area contributed by atoms with Gasteiger partial charge in [-0.25, -0.2) is 0 Å². The predicted octanol–water partition coefficient (Wildman–Crippen LogP) is 2.71. The van der Waals surface area contributed by atoms with Gasteiger partial charge in [-0.3, -0.25) is 0 Å². The van der Waals surface area contributed by atoms with Crippen molar-refractivity contribution in [2.75, 3.05) is 13.7 Å². The Bertz CT molecular complexity index is 335. The van der Waals surface area contributed by atoms with Crippen LogP contribution in [0.15, 0.2) is 24.3 Å². The maximum atomic E-state index is 7.00. The summed E-state index contributed by atoms with van der Waals surface area (Å²) in [6.45, 7) is 0.954. The highest BCUT2D eigenvalue weighted by Crippen LogP contribution is 2.41. The van der Waals surface area contributed by atoms with E-state index in [2.05, 4.69) is 24.3 Å². The van der Waals surface area contributed by atoms with Gasteiger partial charge >= 0.3 is 0 Å². The summed E-state index contributed by atoms with van der Waals surface area (Å²) in [5.41, 5.74) is 2.97. The molecule has 2 nitrogen and oxygen atoms in total. The van der Waals surface area contributed by atoms with Crippen molar-refractivity contribution in [3.05, 3.63) is 35.4 Å². The Hall–Kier alpha value is -0.860. The number of aliphatic hydroxyl groups is 1. The summed E-state index contributed by atoms with van der Waals surface area (Å²) in [6.07, 6.45) is 5.60. The predicted molar refractivity (Wildman–Crippen MR) is 64.3 cm³/mol. The van der Waals surface area contributed by atoms with Gasteiger partial charge in [0.25, 0.3) is 0 Å². The molecule has 1 fully saturated rings. The van der Waals surface area contributed by atoms with Crippen LogP contribution in [0.25, 0.3) is 0 Å². The fourth-order valence-corrected chi connectivity index (χ4v) is 2.86. The van der Waals surface area contributed by atoms with Gasteiger partial charge in [0.2, 0.25) is 0 Å². The third-order valence-electron chi connectivity index (χ3n) is 3.59. The zero-order valence-electron chi connectivity index (χ0n) is 9.86. The van der Waals surface area contributed by atoms with E-state index < -0.39 is 0 Å². The summed E-state index contributed by atoms with van der Waals surface area (Å²) >= 11 is 0. The Labute approximate surface area is 97.3 Å². The van der Waals surface area contributed by atoms with E-state index in [9.17, 15) is 0 Å². The van der Waals surface area contributed by atoms with Crippen molar-refractivity contribution in [3.8, 4) is 0 Å². The van der Waals surface area contributed by atoms with E-state index in [4.69, 9.17) is 9.84 Å². The van der Waals surface area contributed by atoms with E-state index in [0.29, 0.717) is 6.10 Å². The van der Waals surface area contributed by atoms with Gasteiger partial charge < -0.3 is 9.84 Å². The monoisotopic (exact) mass is 220 g/mol. The molecule has 0 spiro atoms. The molecule has 1 aromatic rings. The zero-order chi connectivity index (χ0) is 11.4. The van der Waals surface area contributed by atoms with Gasteiger partial charge in [0.05, 0.1) is 6.10 Å². The van der Waals surface area contributed by atoms with Crippen molar-refractivity contribution in [2.45, 2.75) is 31.8 Å². The van der Waals surface area contributed by atoms with Crippen LogP contribution in [0.5, 0.6) is 0 Å². The second kappa shape index (κ2) is 5.46. The minimum Gasteiger partial charge on any atom is -0.400 e. The molecular formula is C14H20O2. The SMILES string of the molecule is CO.c1ccc2c(c1)CCC1CCCOC21. The van der Waals surface area contributed by atoms with E-state index >= 15 is 0 Å². The molecule has 3 rings (SSSR count). The third kappa shape index (κ3) is 2.13. The quantitative estimate of drug-likeness (QED) is 0.728. The lowest BCUT2D eigenvalue weighted by Crippen LogP contribution is -2.27. The number of hydrogen-bond acceptors (Lipinski definition) is 2. The first kappa shape index (κ1) is 11.6. The summed E-state index contributed by atoms with van der Waals surface area (Å²) in [5.74, 6) is 0.790. The summed E-state index contributed by atoms with van der Waals surface area (Å²) < 4.78 is 5.91. The highest BCUT2D eigenvalue weighted by atomic mass is 16.5. The average molecular weight is 220 g/mol. The Morgan fingerprint density at radius 2 is 2.00 bits per heavy atom. The first-order valence-electron chi connectivity index (χ1n) is 6.09. The zero-order valence-corrected chi connectivity index (χ0v) is 9.86. The molecule has 1 aliphatic carbocycles. The lowest BCUT2D eigenvalue weighted by atomic mass is 9.78. The van der Waals surface area contributed by atoms with Crippen molar-refractivity contribution in [1.82, 2.24) is 0 Å². The molecule has 1 heterocycles. The number of aryl methyl sites for hydroxylation is 1. The highest BCUT2D eigenvalue weighted by Gasteiger charge is 2.31. The summed E-state index contributed by atoms with van der Waals surface area (Å²) in [5, 5.41) is 7.00. The summed E-state index contributed by atoms with van der Waals surface area (Å²) in [4.78, 5) is 0. The summed E-state index contributed by atoms with van der Waals surface area (Å²) in [7, 11) is 1.00. The van der Waals surface area contributed by atoms with Gasteiger partial charge in [-0.05, 0) is 42.7 Å². The molecule has 2 unspecified atom stereocenters. The molecule has 0 radical (unpaired) electrons. The van der Waals surface area contributed by atoms with E-state index in [1.54, 1.807) is 0 Å². The Kier molecular flexibility index (Phi) is 3.97. The largest absolute Gasteiger partial charge is 0.400 e. The van der Waals surface area contributed by atoms with Crippen molar-refractivity contribution in [3.63, 3.8) is 0 Å². The van der Waals surface area contributed by atoms with Gasteiger partial charge in [-0.15, -0.1) is 0 Å². The number of hydrogen-bond donors (Lipinski definition) is 1. The molecule has 2 atom stereocenters. The molecule has 16 heavy (non-hydrogen) atoms. The van der Waals surface area contributed by atoms with E-state index in [0.717, 1.165) is 19.6 Å². The number of fused-ring (bicyclic) bond motifs is 3. The Balaban J connectivity index is 0.000000457. The molecule has 1 N–H and O–H groups in total. The van der Waals surface area contributed by atoms with Gasteiger partial charge in [-0.2, -0.15) is 0 Å². The molecule has 1 saturated heterocycles. The average Bonchev–Trinajstić information content (AvgIpc) is 2.41. The lowest BCUT2D eigenvalue weighted by molar-refractivity contribution is -0.0362. The van der Waals surface area contributed by atoms with Crippen LogP contribution in [0, 0.1) is 5.92 Å². The molecule has 1 aromatic carbocycles. The van der Waals surface area contributed by atoms with Gasteiger partial charge in [0, 0.05) is 13.7 Å². The fourth-order valence-electron chi connectivity index (χ4n) is 2.86. The Morgan fingerprint density at radius 1 is 1.19 bits per heavy atom. The molecule has 0 aromatic heterocycles. The number of ether oxygens (including phenoxy) is 1. The minimum absolute atomic E-state index is 0.411. The first-order valence-corrected chi connectivity index (χ1v) is 6.09. The van der Waals surface area contributed by atoms with E-state index in [-0.39, 0.29) is 0 Å². The van der Waals surface area contributed by atoms with Crippen LogP contribution in [0.2, 0.25) is 0 Å². The van der Waals surface area contributed by atoms with Crippen molar-refractivity contribution >= 4 is 0 Å². The van der Waals surface area contributed by atoms with Crippen LogP contribution in [0.4, 0.5) is 0 Å². The van der Waals surface area contributed by atoms with E-state index in [1.807, 2.05) is 0 Å². The van der Waals surface area contributed by atoms with E-state index in [1.165, 1.54) is 36.8 Å².